The van der Waals surface area contributed by atoms with Crippen LogP contribution in [0.15, 0.2) is 24.3 Å². The SMILES string of the molecule is CO[C@H]1CC[C@](OC)(c2cccc(CO)c2)CC1. The number of aliphatic hydroxyl groups is 1. The lowest BCUT2D eigenvalue weighted by Gasteiger charge is -2.39. The molecule has 0 bridgehead atoms. The third-order valence-electron chi connectivity index (χ3n) is 4.10. The first kappa shape index (κ1) is 13.5. The molecule has 0 atom stereocenters. The molecule has 1 aromatic carbocycles. The molecule has 0 heterocycles. The molecule has 1 fully saturated rings. The van der Waals surface area contributed by atoms with E-state index in [0.717, 1.165) is 31.2 Å². The van der Waals surface area contributed by atoms with Gasteiger partial charge in [0.05, 0.1) is 18.3 Å². The lowest BCUT2D eigenvalue weighted by atomic mass is 9.78. The van der Waals surface area contributed by atoms with Crippen molar-refractivity contribution in [2.75, 3.05) is 14.2 Å². The molecule has 1 saturated carbocycles. The fourth-order valence-corrected chi connectivity index (χ4v) is 2.86. The lowest BCUT2D eigenvalue weighted by Crippen LogP contribution is -2.36. The first-order valence-corrected chi connectivity index (χ1v) is 6.52. The highest BCUT2D eigenvalue weighted by molar-refractivity contribution is 5.28. The van der Waals surface area contributed by atoms with Crippen molar-refractivity contribution in [3.8, 4) is 0 Å². The van der Waals surface area contributed by atoms with Gasteiger partial charge in [0.25, 0.3) is 0 Å². The number of hydrogen-bond donors (Lipinski definition) is 1. The summed E-state index contributed by atoms with van der Waals surface area (Å²) in [5.74, 6) is 0. The van der Waals surface area contributed by atoms with Gasteiger partial charge in [-0.1, -0.05) is 24.3 Å². The highest BCUT2D eigenvalue weighted by Gasteiger charge is 2.37. The molecule has 1 aliphatic carbocycles. The van der Waals surface area contributed by atoms with Crippen LogP contribution in [0.25, 0.3) is 0 Å². The molecule has 1 aliphatic rings. The Morgan fingerprint density at radius 1 is 1.28 bits per heavy atom. The average molecular weight is 250 g/mol. The Balaban J connectivity index is 2.21. The normalized spacial score (nSPS) is 28.3. The van der Waals surface area contributed by atoms with Crippen LogP contribution in [-0.4, -0.2) is 25.4 Å². The summed E-state index contributed by atoms with van der Waals surface area (Å²) in [5, 5.41) is 9.24. The van der Waals surface area contributed by atoms with E-state index >= 15 is 0 Å². The number of methoxy groups -OCH3 is 2. The van der Waals surface area contributed by atoms with Crippen LogP contribution in [-0.2, 0) is 21.7 Å². The molecule has 2 rings (SSSR count). The second kappa shape index (κ2) is 5.83. The Kier molecular flexibility index (Phi) is 4.38. The Hall–Kier alpha value is -0.900. The third kappa shape index (κ3) is 2.58. The molecule has 0 spiro atoms. The van der Waals surface area contributed by atoms with Crippen LogP contribution in [0.4, 0.5) is 0 Å². The van der Waals surface area contributed by atoms with Crippen LogP contribution in [0, 0.1) is 0 Å². The monoisotopic (exact) mass is 250 g/mol. The Bertz CT molecular complexity index is 381. The first-order valence-electron chi connectivity index (χ1n) is 6.52. The maximum atomic E-state index is 9.24. The minimum Gasteiger partial charge on any atom is -0.392 e. The van der Waals surface area contributed by atoms with Gasteiger partial charge in [0.2, 0.25) is 0 Å². The van der Waals surface area contributed by atoms with E-state index in [4.69, 9.17) is 9.47 Å². The van der Waals surface area contributed by atoms with E-state index in [-0.39, 0.29) is 12.2 Å². The van der Waals surface area contributed by atoms with Gasteiger partial charge in [0, 0.05) is 14.2 Å². The summed E-state index contributed by atoms with van der Waals surface area (Å²) in [6, 6.07) is 8.07. The zero-order valence-electron chi connectivity index (χ0n) is 11.2. The van der Waals surface area contributed by atoms with E-state index < -0.39 is 0 Å². The number of aliphatic hydroxyl groups excluding tert-OH is 1. The second-order valence-corrected chi connectivity index (χ2v) is 4.99. The van der Waals surface area contributed by atoms with Crippen LogP contribution < -0.4 is 0 Å². The Morgan fingerprint density at radius 3 is 2.56 bits per heavy atom. The summed E-state index contributed by atoms with van der Waals surface area (Å²) < 4.78 is 11.2. The van der Waals surface area contributed by atoms with Crippen molar-refractivity contribution in [2.45, 2.75) is 44.0 Å². The summed E-state index contributed by atoms with van der Waals surface area (Å²) >= 11 is 0. The maximum absolute atomic E-state index is 9.24. The van der Waals surface area contributed by atoms with Gasteiger partial charge in [-0.25, -0.2) is 0 Å². The smallest absolute Gasteiger partial charge is 0.0929 e. The molecule has 0 aromatic heterocycles. The molecule has 100 valence electrons. The molecule has 0 amide bonds. The molecule has 3 heteroatoms. The molecule has 3 nitrogen and oxygen atoms in total. The summed E-state index contributed by atoms with van der Waals surface area (Å²) in [4.78, 5) is 0. The molecular formula is C15H22O3. The largest absolute Gasteiger partial charge is 0.392 e. The fourth-order valence-electron chi connectivity index (χ4n) is 2.86. The summed E-state index contributed by atoms with van der Waals surface area (Å²) in [6.07, 6.45) is 4.34. The zero-order valence-corrected chi connectivity index (χ0v) is 11.2. The summed E-state index contributed by atoms with van der Waals surface area (Å²) in [7, 11) is 3.55. The van der Waals surface area contributed by atoms with Crippen LogP contribution in [0.1, 0.15) is 36.8 Å². The standard InChI is InChI=1S/C15H22O3/c1-17-14-6-8-15(18-2,9-7-14)13-5-3-4-12(10-13)11-16/h3-5,10,14,16H,6-9,11H2,1-2H3/t14-,15+. The molecular weight excluding hydrogens is 228 g/mol. The molecule has 0 radical (unpaired) electrons. The second-order valence-electron chi connectivity index (χ2n) is 4.99. The van der Waals surface area contributed by atoms with E-state index in [1.807, 2.05) is 12.1 Å². The fraction of sp³-hybridized carbons (Fsp3) is 0.600. The average Bonchev–Trinajstić information content (AvgIpc) is 2.47. The van der Waals surface area contributed by atoms with E-state index in [0.29, 0.717) is 6.10 Å². The van der Waals surface area contributed by atoms with Crippen LogP contribution in [0.2, 0.25) is 0 Å². The molecule has 0 unspecified atom stereocenters. The van der Waals surface area contributed by atoms with Gasteiger partial charge in [-0.3, -0.25) is 0 Å². The number of ether oxygens (including phenoxy) is 2. The minimum absolute atomic E-state index is 0.0777. The van der Waals surface area contributed by atoms with Crippen LogP contribution in [0.5, 0.6) is 0 Å². The van der Waals surface area contributed by atoms with Crippen molar-refractivity contribution in [1.82, 2.24) is 0 Å². The van der Waals surface area contributed by atoms with Gasteiger partial charge in [-0.15, -0.1) is 0 Å². The van der Waals surface area contributed by atoms with Crippen molar-refractivity contribution in [3.63, 3.8) is 0 Å². The predicted octanol–water partition coefficient (Wildman–Crippen LogP) is 2.61. The van der Waals surface area contributed by atoms with Crippen molar-refractivity contribution in [3.05, 3.63) is 35.4 Å². The van der Waals surface area contributed by atoms with Gasteiger partial charge in [0.15, 0.2) is 0 Å². The van der Waals surface area contributed by atoms with Crippen LogP contribution in [0.3, 0.4) is 0 Å². The number of rotatable bonds is 4. The maximum Gasteiger partial charge on any atom is 0.0929 e. The summed E-state index contributed by atoms with van der Waals surface area (Å²) in [5.41, 5.74) is 1.91. The highest BCUT2D eigenvalue weighted by Crippen LogP contribution is 2.40. The quantitative estimate of drug-likeness (QED) is 0.892. The van der Waals surface area contributed by atoms with Crippen molar-refractivity contribution in [2.24, 2.45) is 0 Å². The topological polar surface area (TPSA) is 38.7 Å². The lowest BCUT2D eigenvalue weighted by molar-refractivity contribution is -0.0762. The third-order valence-corrected chi connectivity index (χ3v) is 4.10. The van der Waals surface area contributed by atoms with E-state index in [9.17, 15) is 5.11 Å². The van der Waals surface area contributed by atoms with E-state index in [1.54, 1.807) is 14.2 Å². The van der Waals surface area contributed by atoms with Crippen LogP contribution >= 0.6 is 0 Å². The zero-order chi connectivity index (χ0) is 13.0. The van der Waals surface area contributed by atoms with Gasteiger partial charge in [-0.2, -0.15) is 0 Å². The Labute approximate surface area is 109 Å². The molecule has 1 N–H and O–H groups in total. The van der Waals surface area contributed by atoms with Gasteiger partial charge < -0.3 is 14.6 Å². The van der Waals surface area contributed by atoms with Gasteiger partial charge in [-0.05, 0) is 36.8 Å². The van der Waals surface area contributed by atoms with E-state index in [2.05, 4.69) is 12.1 Å². The molecule has 1 aromatic rings. The van der Waals surface area contributed by atoms with Gasteiger partial charge >= 0.3 is 0 Å². The highest BCUT2D eigenvalue weighted by atomic mass is 16.5. The van der Waals surface area contributed by atoms with Crippen molar-refractivity contribution in [1.29, 1.82) is 0 Å². The first-order chi connectivity index (χ1) is 8.74. The molecule has 0 saturated heterocycles. The molecule has 18 heavy (non-hydrogen) atoms. The Morgan fingerprint density at radius 2 is 2.00 bits per heavy atom. The predicted molar refractivity (Wildman–Crippen MR) is 70.3 cm³/mol. The van der Waals surface area contributed by atoms with Crippen molar-refractivity contribution < 1.29 is 14.6 Å². The van der Waals surface area contributed by atoms with E-state index in [1.165, 1.54) is 5.56 Å². The number of hydrogen-bond acceptors (Lipinski definition) is 3. The number of benzene rings is 1. The molecule has 0 aliphatic heterocycles. The van der Waals surface area contributed by atoms with Gasteiger partial charge in [0.1, 0.15) is 0 Å². The minimum atomic E-state index is -0.208. The summed E-state index contributed by atoms with van der Waals surface area (Å²) in [6.45, 7) is 0.0777. The van der Waals surface area contributed by atoms with Crippen molar-refractivity contribution >= 4 is 0 Å².